The summed E-state index contributed by atoms with van der Waals surface area (Å²) in [4.78, 5) is 43.3. The van der Waals surface area contributed by atoms with Gasteiger partial charge in [0.05, 0.1) is 11.6 Å². The number of likely N-dealkylation sites (N-methyl/N-ethyl adjacent to an activating group) is 1. The fourth-order valence-corrected chi connectivity index (χ4v) is 7.21. The van der Waals surface area contributed by atoms with Crippen molar-refractivity contribution in [1.29, 1.82) is 0 Å². The van der Waals surface area contributed by atoms with E-state index in [2.05, 4.69) is 11.8 Å². The molecule has 1 aromatic rings. The second-order valence-corrected chi connectivity index (χ2v) is 11.2. The molecule has 0 saturated carbocycles. The summed E-state index contributed by atoms with van der Waals surface area (Å²) in [5.74, 6) is -5.68. The third kappa shape index (κ3) is 3.37. The molecule has 0 unspecified atom stereocenters. The van der Waals surface area contributed by atoms with E-state index >= 15 is 0 Å². The van der Waals surface area contributed by atoms with Crippen molar-refractivity contribution < 1.29 is 34.8 Å². The highest BCUT2D eigenvalue weighted by molar-refractivity contribution is 6.33. The van der Waals surface area contributed by atoms with E-state index in [1.54, 1.807) is 19.0 Å². The van der Waals surface area contributed by atoms with Crippen LogP contribution in [0.3, 0.4) is 0 Å². The SMILES string of the molecule is CCCN1Cc2c(O)c3c(c(Cl)c2C1)C[C@H]1C[C@H]2[C@H](N(C)C)C(O)=C(C(C)=O)C(=O)[C@@]2(O)C(O)=C1C3=O. The normalized spacial score (nSPS) is 29.4. The van der Waals surface area contributed by atoms with Crippen LogP contribution in [0.5, 0.6) is 5.75 Å². The lowest BCUT2D eigenvalue weighted by molar-refractivity contribution is -0.148. The summed E-state index contributed by atoms with van der Waals surface area (Å²) < 4.78 is 0. The molecule has 1 aliphatic heterocycles. The van der Waals surface area contributed by atoms with Crippen molar-refractivity contribution in [3.8, 4) is 5.75 Å². The molecule has 4 N–H and O–H groups in total. The van der Waals surface area contributed by atoms with Crippen LogP contribution < -0.4 is 0 Å². The summed E-state index contributed by atoms with van der Waals surface area (Å²) in [5, 5.41) is 45.7. The molecule has 37 heavy (non-hydrogen) atoms. The lowest BCUT2D eigenvalue weighted by atomic mass is 9.58. The van der Waals surface area contributed by atoms with E-state index in [4.69, 9.17) is 11.6 Å². The number of aromatic hydroxyl groups is 1. The van der Waals surface area contributed by atoms with Crippen molar-refractivity contribution in [2.24, 2.45) is 11.8 Å². The van der Waals surface area contributed by atoms with E-state index in [0.29, 0.717) is 29.2 Å². The molecule has 0 bridgehead atoms. The highest BCUT2D eigenvalue weighted by atomic mass is 35.5. The van der Waals surface area contributed by atoms with Crippen molar-refractivity contribution in [2.45, 2.75) is 57.8 Å². The Morgan fingerprint density at radius 1 is 1.14 bits per heavy atom. The smallest absolute Gasteiger partial charge is 0.209 e. The first kappa shape index (κ1) is 25.9. The minimum Gasteiger partial charge on any atom is -0.510 e. The van der Waals surface area contributed by atoms with Crippen LogP contribution in [0.15, 0.2) is 22.7 Å². The molecule has 9 nitrogen and oxygen atoms in total. The first-order valence-electron chi connectivity index (χ1n) is 12.5. The monoisotopic (exact) mass is 530 g/mol. The fraction of sp³-hybridized carbons (Fsp3) is 0.519. The lowest BCUT2D eigenvalue weighted by Gasteiger charge is -2.50. The molecule has 0 aromatic heterocycles. The average Bonchev–Trinajstić information content (AvgIpc) is 3.24. The first-order chi connectivity index (χ1) is 17.4. The summed E-state index contributed by atoms with van der Waals surface area (Å²) in [6, 6.07) is -0.951. The molecule has 0 fully saturated rings. The number of benzene rings is 1. The van der Waals surface area contributed by atoms with Gasteiger partial charge in [0.25, 0.3) is 0 Å². The van der Waals surface area contributed by atoms with Gasteiger partial charge in [-0.2, -0.15) is 0 Å². The maximum atomic E-state index is 13.8. The van der Waals surface area contributed by atoms with Crippen LogP contribution in [0, 0.1) is 11.8 Å². The van der Waals surface area contributed by atoms with Crippen LogP contribution in [0.25, 0.3) is 0 Å². The molecule has 0 spiro atoms. The first-order valence-corrected chi connectivity index (χ1v) is 12.9. The minimum atomic E-state index is -2.57. The number of phenols is 1. The third-order valence-electron chi connectivity index (χ3n) is 8.44. The zero-order valence-electron chi connectivity index (χ0n) is 21.3. The number of hydrogen-bond donors (Lipinski definition) is 4. The number of phenolic OH excluding ortho intramolecular Hbond substituents is 1. The molecule has 10 heteroatoms. The number of aliphatic hydroxyl groups is 3. The van der Waals surface area contributed by atoms with Gasteiger partial charge in [0.15, 0.2) is 17.2 Å². The fourth-order valence-electron chi connectivity index (χ4n) is 6.86. The van der Waals surface area contributed by atoms with E-state index in [0.717, 1.165) is 25.5 Å². The van der Waals surface area contributed by atoms with Crippen molar-refractivity contribution in [3.05, 3.63) is 49.9 Å². The van der Waals surface area contributed by atoms with Crippen LogP contribution in [-0.4, -0.2) is 79.9 Å². The minimum absolute atomic E-state index is 0.0143. The topological polar surface area (TPSA) is 139 Å². The van der Waals surface area contributed by atoms with Gasteiger partial charge in [-0.3, -0.25) is 24.2 Å². The van der Waals surface area contributed by atoms with E-state index in [9.17, 15) is 34.8 Å². The summed E-state index contributed by atoms with van der Waals surface area (Å²) in [6.07, 6.45) is 1.19. The number of Topliss-reactive ketones (excluding diaryl/α,β-unsaturated/α-hetero) is 3. The predicted octanol–water partition coefficient (Wildman–Crippen LogP) is 2.60. The number of nitrogens with zero attached hydrogens (tertiary/aromatic N) is 2. The Morgan fingerprint density at radius 3 is 2.38 bits per heavy atom. The molecule has 1 aromatic carbocycles. The van der Waals surface area contributed by atoms with Gasteiger partial charge >= 0.3 is 0 Å². The van der Waals surface area contributed by atoms with Crippen molar-refractivity contribution in [1.82, 2.24) is 9.80 Å². The molecular formula is C27H31ClN2O7. The highest BCUT2D eigenvalue weighted by Gasteiger charge is 2.63. The molecular weight excluding hydrogens is 500 g/mol. The Labute approximate surface area is 219 Å². The zero-order chi connectivity index (χ0) is 27.1. The van der Waals surface area contributed by atoms with Gasteiger partial charge in [0.2, 0.25) is 5.78 Å². The molecule has 3 aliphatic carbocycles. The Hall–Kier alpha value is -2.72. The van der Waals surface area contributed by atoms with Crippen LogP contribution in [0.1, 0.15) is 53.7 Å². The Morgan fingerprint density at radius 2 is 1.78 bits per heavy atom. The van der Waals surface area contributed by atoms with Crippen LogP contribution >= 0.6 is 11.6 Å². The molecule has 0 saturated heterocycles. The van der Waals surface area contributed by atoms with Gasteiger partial charge in [-0.1, -0.05) is 18.5 Å². The van der Waals surface area contributed by atoms with Crippen molar-refractivity contribution in [2.75, 3.05) is 20.6 Å². The van der Waals surface area contributed by atoms with Gasteiger partial charge in [0, 0.05) is 35.2 Å². The van der Waals surface area contributed by atoms with Crippen molar-refractivity contribution in [3.63, 3.8) is 0 Å². The highest BCUT2D eigenvalue weighted by Crippen LogP contribution is 2.54. The maximum absolute atomic E-state index is 13.8. The van der Waals surface area contributed by atoms with E-state index in [1.165, 1.54) is 0 Å². The van der Waals surface area contributed by atoms with Gasteiger partial charge in [-0.25, -0.2) is 0 Å². The molecule has 5 rings (SSSR count). The number of fused-ring (bicyclic) bond motifs is 4. The van der Waals surface area contributed by atoms with Crippen LogP contribution in [-0.2, 0) is 29.1 Å². The summed E-state index contributed by atoms with van der Waals surface area (Å²) >= 11 is 6.82. The molecule has 0 amide bonds. The summed E-state index contributed by atoms with van der Waals surface area (Å²) in [7, 11) is 3.26. The average molecular weight is 531 g/mol. The number of carbonyl (C=O) groups is 3. The lowest BCUT2D eigenvalue weighted by Crippen LogP contribution is -2.63. The largest absolute Gasteiger partial charge is 0.510 e. The summed E-state index contributed by atoms with van der Waals surface area (Å²) in [6.45, 7) is 4.94. The molecule has 4 aliphatic rings. The standard InChI is InChI=1S/C27H31ClN2O7/c1-5-6-30-9-14-15(10-30)22(32)19-13(20(14)28)7-12-8-16-21(29(3)4)24(34)17(11(2)31)25(35)27(16,37)26(36)18(12)23(19)33/h12,16,21,32,34,36-37H,5-10H2,1-4H3/t12-,16-,21-,27+/m0/s1. The zero-order valence-corrected chi connectivity index (χ0v) is 22.0. The second-order valence-electron chi connectivity index (χ2n) is 10.8. The Balaban J connectivity index is 1.69. The number of aliphatic hydroxyl groups excluding tert-OH is 2. The third-order valence-corrected chi connectivity index (χ3v) is 8.90. The second kappa shape index (κ2) is 8.66. The number of rotatable bonds is 4. The van der Waals surface area contributed by atoms with Gasteiger partial charge < -0.3 is 20.4 Å². The molecule has 1 heterocycles. The van der Waals surface area contributed by atoms with Gasteiger partial charge in [0.1, 0.15) is 22.8 Å². The van der Waals surface area contributed by atoms with Crippen LogP contribution in [0.4, 0.5) is 0 Å². The van der Waals surface area contributed by atoms with E-state index < -0.39 is 57.9 Å². The number of hydrogen-bond acceptors (Lipinski definition) is 9. The number of ketones is 3. The quantitative estimate of drug-likeness (QED) is 0.432. The van der Waals surface area contributed by atoms with E-state index in [-0.39, 0.29) is 29.7 Å². The van der Waals surface area contributed by atoms with Gasteiger partial charge in [-0.05, 0) is 63.9 Å². The number of allylic oxidation sites excluding steroid dienone is 1. The van der Waals surface area contributed by atoms with Gasteiger partial charge in [-0.15, -0.1) is 0 Å². The predicted molar refractivity (Wildman–Crippen MR) is 135 cm³/mol. The Kier molecular flexibility index (Phi) is 6.06. The molecule has 198 valence electrons. The van der Waals surface area contributed by atoms with Crippen LogP contribution in [0.2, 0.25) is 5.02 Å². The van der Waals surface area contributed by atoms with Crippen molar-refractivity contribution >= 4 is 29.0 Å². The Bertz CT molecular complexity index is 1330. The molecule has 0 radical (unpaired) electrons. The molecule has 4 atom stereocenters. The summed E-state index contributed by atoms with van der Waals surface area (Å²) in [5.41, 5.74) is -1.49. The van der Waals surface area contributed by atoms with E-state index in [1.807, 2.05) is 0 Å². The number of halogens is 1. The maximum Gasteiger partial charge on any atom is 0.209 e. The number of carbonyl (C=O) groups excluding carboxylic acids is 3.